The van der Waals surface area contributed by atoms with Gasteiger partial charge in [-0.1, -0.05) is 0 Å². The Morgan fingerprint density at radius 2 is 2.00 bits per heavy atom. The number of carbonyl (C=O) groups excluding carboxylic acids is 2. The van der Waals surface area contributed by atoms with Crippen LogP contribution in [0.5, 0.6) is 5.75 Å². The minimum absolute atomic E-state index is 0.0767. The molecule has 1 N–H and O–H groups in total. The number of rotatable bonds is 6. The van der Waals surface area contributed by atoms with Crippen LogP contribution in [-0.2, 0) is 4.79 Å². The third kappa shape index (κ3) is 4.32. The van der Waals surface area contributed by atoms with Crippen LogP contribution in [0.2, 0.25) is 0 Å². The fourth-order valence-electron chi connectivity index (χ4n) is 3.11. The molecule has 1 heterocycles. The molecule has 2 rings (SSSR count). The van der Waals surface area contributed by atoms with Crippen molar-refractivity contribution in [3.63, 3.8) is 0 Å². The maximum Gasteiger partial charge on any atom is 0.227 e. The van der Waals surface area contributed by atoms with Gasteiger partial charge in [0.15, 0.2) is 5.78 Å². The van der Waals surface area contributed by atoms with E-state index in [-0.39, 0.29) is 11.7 Å². The average Bonchev–Trinajstić information content (AvgIpc) is 2.55. The Labute approximate surface area is 138 Å². The molecule has 1 aliphatic rings. The van der Waals surface area contributed by atoms with Crippen LogP contribution < -0.4 is 10.1 Å². The van der Waals surface area contributed by atoms with Crippen molar-refractivity contribution in [3.05, 3.63) is 29.8 Å². The zero-order chi connectivity index (χ0) is 16.9. The number of hydrogen-bond donors (Lipinski definition) is 1. The zero-order valence-electron chi connectivity index (χ0n) is 14.2. The number of benzene rings is 1. The first-order valence-corrected chi connectivity index (χ1v) is 8.16. The molecule has 5 heteroatoms. The van der Waals surface area contributed by atoms with Gasteiger partial charge in [-0.2, -0.15) is 0 Å². The molecular weight excluding hydrogens is 292 g/mol. The molecule has 126 valence electrons. The molecule has 1 fully saturated rings. The first-order chi connectivity index (χ1) is 11.0. The molecule has 1 aromatic rings. The fourth-order valence-corrected chi connectivity index (χ4v) is 3.11. The largest absolute Gasteiger partial charge is 0.497 e. The van der Waals surface area contributed by atoms with Crippen molar-refractivity contribution in [1.29, 1.82) is 0 Å². The van der Waals surface area contributed by atoms with Gasteiger partial charge in [-0.25, -0.2) is 0 Å². The summed E-state index contributed by atoms with van der Waals surface area (Å²) in [5.74, 6) is 0.901. The summed E-state index contributed by atoms with van der Waals surface area (Å²) >= 11 is 0. The second kappa shape index (κ2) is 7.59. The molecule has 0 aromatic heterocycles. The van der Waals surface area contributed by atoms with Crippen molar-refractivity contribution in [2.45, 2.75) is 26.7 Å². The van der Waals surface area contributed by atoms with Crippen molar-refractivity contribution in [2.75, 3.05) is 33.3 Å². The van der Waals surface area contributed by atoms with Crippen LogP contribution in [-0.4, -0.2) is 49.9 Å². The smallest absolute Gasteiger partial charge is 0.227 e. The number of likely N-dealkylation sites (tertiary alicyclic amines) is 1. The van der Waals surface area contributed by atoms with Gasteiger partial charge in [0.25, 0.3) is 0 Å². The van der Waals surface area contributed by atoms with Gasteiger partial charge >= 0.3 is 0 Å². The zero-order valence-corrected chi connectivity index (χ0v) is 14.2. The van der Waals surface area contributed by atoms with E-state index in [2.05, 4.69) is 10.2 Å². The van der Waals surface area contributed by atoms with Crippen LogP contribution in [0.1, 0.15) is 37.0 Å². The molecule has 23 heavy (non-hydrogen) atoms. The normalized spacial score (nSPS) is 21.7. The summed E-state index contributed by atoms with van der Waals surface area (Å²) in [5, 5.41) is 2.91. The van der Waals surface area contributed by atoms with Crippen molar-refractivity contribution in [2.24, 2.45) is 5.41 Å². The van der Waals surface area contributed by atoms with Crippen LogP contribution in [0.4, 0.5) is 0 Å². The van der Waals surface area contributed by atoms with Crippen LogP contribution in [0.3, 0.4) is 0 Å². The molecular formula is C18H26N2O3. The van der Waals surface area contributed by atoms with Gasteiger partial charge in [-0.15, -0.1) is 0 Å². The maximum atomic E-state index is 12.4. The molecule has 0 spiro atoms. The molecule has 1 aromatic carbocycles. The van der Waals surface area contributed by atoms with Gasteiger partial charge in [0.05, 0.1) is 19.1 Å². The summed E-state index contributed by atoms with van der Waals surface area (Å²) in [5.41, 5.74) is 0.269. The Balaban J connectivity index is 1.98. The first-order valence-electron chi connectivity index (χ1n) is 8.16. The number of Topliss-reactive ketones (excluding diaryl/α,β-unsaturated/α-hetero) is 1. The highest BCUT2D eigenvalue weighted by molar-refractivity contribution is 5.97. The minimum atomic E-state index is -0.408. The number of methoxy groups -OCH3 is 1. The van der Waals surface area contributed by atoms with Gasteiger partial charge in [-0.05, 0) is 57.5 Å². The molecule has 0 saturated carbocycles. The lowest BCUT2D eigenvalue weighted by molar-refractivity contribution is -0.133. The summed E-state index contributed by atoms with van der Waals surface area (Å²) in [6.07, 6.45) is 1.80. The van der Waals surface area contributed by atoms with Crippen LogP contribution in [0, 0.1) is 5.41 Å². The number of carbonyl (C=O) groups is 2. The lowest BCUT2D eigenvalue weighted by atomic mass is 9.81. The standard InChI is InChI=1S/C18H26N2O3/c1-4-19-17(22)18(2)10-5-11-20(13-18)12-16(21)14-6-8-15(23-3)9-7-14/h6-9H,4-5,10-13H2,1-3H3,(H,19,22). The van der Waals surface area contributed by atoms with E-state index in [9.17, 15) is 9.59 Å². The van der Waals surface area contributed by atoms with Crippen LogP contribution in [0.25, 0.3) is 0 Å². The molecule has 0 bridgehead atoms. The van der Waals surface area contributed by atoms with Gasteiger partial charge in [0.1, 0.15) is 5.75 Å². The quantitative estimate of drug-likeness (QED) is 0.816. The van der Waals surface area contributed by atoms with Crippen molar-refractivity contribution in [1.82, 2.24) is 10.2 Å². The highest BCUT2D eigenvalue weighted by Gasteiger charge is 2.37. The average molecular weight is 318 g/mol. The molecule has 1 unspecified atom stereocenters. The summed E-state index contributed by atoms with van der Waals surface area (Å²) in [6.45, 7) is 6.38. The highest BCUT2D eigenvalue weighted by atomic mass is 16.5. The number of ketones is 1. The highest BCUT2D eigenvalue weighted by Crippen LogP contribution is 2.29. The third-order valence-corrected chi connectivity index (χ3v) is 4.44. The predicted octanol–water partition coefficient (Wildman–Crippen LogP) is 2.12. The van der Waals surface area contributed by atoms with Crippen LogP contribution >= 0.6 is 0 Å². The Morgan fingerprint density at radius 3 is 2.61 bits per heavy atom. The number of piperidine rings is 1. The summed E-state index contributed by atoms with van der Waals surface area (Å²) < 4.78 is 5.11. The second-order valence-electron chi connectivity index (χ2n) is 6.39. The predicted molar refractivity (Wildman–Crippen MR) is 89.8 cm³/mol. The molecule has 0 radical (unpaired) electrons. The Kier molecular flexibility index (Phi) is 5.77. The fraction of sp³-hybridized carbons (Fsp3) is 0.556. The van der Waals surface area contributed by atoms with E-state index in [4.69, 9.17) is 4.74 Å². The topological polar surface area (TPSA) is 58.6 Å². The number of hydrogen-bond acceptors (Lipinski definition) is 4. The number of ether oxygens (including phenoxy) is 1. The van der Waals surface area contributed by atoms with E-state index >= 15 is 0 Å². The molecule has 5 nitrogen and oxygen atoms in total. The van der Waals surface area contributed by atoms with E-state index in [1.54, 1.807) is 31.4 Å². The van der Waals surface area contributed by atoms with Crippen molar-refractivity contribution in [3.8, 4) is 5.75 Å². The summed E-state index contributed by atoms with van der Waals surface area (Å²) in [6, 6.07) is 7.16. The molecule has 1 saturated heterocycles. The number of amides is 1. The van der Waals surface area contributed by atoms with Gasteiger partial charge in [0, 0.05) is 18.7 Å². The lowest BCUT2D eigenvalue weighted by Crippen LogP contribution is -2.51. The lowest BCUT2D eigenvalue weighted by Gasteiger charge is -2.39. The van der Waals surface area contributed by atoms with E-state index < -0.39 is 5.41 Å². The Bertz CT molecular complexity index is 556. The number of nitrogens with zero attached hydrogens (tertiary/aromatic N) is 1. The van der Waals surface area contributed by atoms with Gasteiger partial charge < -0.3 is 10.1 Å². The molecule has 0 aliphatic carbocycles. The van der Waals surface area contributed by atoms with Crippen molar-refractivity contribution < 1.29 is 14.3 Å². The third-order valence-electron chi connectivity index (χ3n) is 4.44. The van der Waals surface area contributed by atoms with Crippen LogP contribution in [0.15, 0.2) is 24.3 Å². The molecule has 1 amide bonds. The van der Waals surface area contributed by atoms with E-state index in [1.807, 2.05) is 13.8 Å². The SMILES string of the molecule is CCNC(=O)C1(C)CCCN(CC(=O)c2ccc(OC)cc2)C1. The first kappa shape index (κ1) is 17.5. The second-order valence-corrected chi connectivity index (χ2v) is 6.39. The van der Waals surface area contributed by atoms with Gasteiger partial charge in [0.2, 0.25) is 5.91 Å². The summed E-state index contributed by atoms with van der Waals surface area (Å²) in [7, 11) is 1.60. The van der Waals surface area contributed by atoms with E-state index in [0.717, 1.165) is 25.1 Å². The van der Waals surface area contributed by atoms with Gasteiger partial charge in [-0.3, -0.25) is 14.5 Å². The Morgan fingerprint density at radius 1 is 1.30 bits per heavy atom. The Hall–Kier alpha value is -1.88. The molecule has 1 aliphatic heterocycles. The number of nitrogens with one attached hydrogen (secondary N) is 1. The van der Waals surface area contributed by atoms with E-state index in [1.165, 1.54) is 0 Å². The molecule has 1 atom stereocenters. The van der Waals surface area contributed by atoms with Crippen molar-refractivity contribution >= 4 is 11.7 Å². The minimum Gasteiger partial charge on any atom is -0.497 e. The monoisotopic (exact) mass is 318 g/mol. The van der Waals surface area contributed by atoms with E-state index in [0.29, 0.717) is 25.2 Å². The summed E-state index contributed by atoms with van der Waals surface area (Å²) in [4.78, 5) is 26.8. The maximum absolute atomic E-state index is 12.4.